The Morgan fingerprint density at radius 1 is 1.33 bits per heavy atom. The Bertz CT molecular complexity index is 421. The fourth-order valence-corrected chi connectivity index (χ4v) is 2.60. The van der Waals surface area contributed by atoms with Crippen LogP contribution in [0.5, 0.6) is 0 Å². The Labute approximate surface area is 119 Å². The summed E-state index contributed by atoms with van der Waals surface area (Å²) in [4.78, 5) is 2.39. The molecule has 0 unspecified atom stereocenters. The van der Waals surface area contributed by atoms with E-state index in [1.807, 2.05) is 18.2 Å². The van der Waals surface area contributed by atoms with Gasteiger partial charge in [0.2, 0.25) is 0 Å². The van der Waals surface area contributed by atoms with E-state index in [1.54, 1.807) is 0 Å². The summed E-state index contributed by atoms with van der Waals surface area (Å²) in [7, 11) is 0. The van der Waals surface area contributed by atoms with Gasteiger partial charge >= 0.3 is 0 Å². The van der Waals surface area contributed by atoms with E-state index < -0.39 is 0 Å². The third-order valence-corrected chi connectivity index (χ3v) is 3.65. The maximum Gasteiger partial charge on any atom is 0.0992 e. The number of nitrogens with zero attached hydrogens (tertiary/aromatic N) is 2. The first-order chi connectivity index (χ1) is 8.60. The molecule has 0 aliphatic rings. The summed E-state index contributed by atoms with van der Waals surface area (Å²) in [5, 5.41) is 8.89. The van der Waals surface area contributed by atoms with E-state index in [2.05, 4.69) is 47.7 Å². The molecule has 0 amide bonds. The largest absolute Gasteiger partial charge is 0.368 e. The van der Waals surface area contributed by atoms with Crippen LogP contribution in [0.4, 0.5) is 5.69 Å². The van der Waals surface area contributed by atoms with Crippen LogP contribution in [0.15, 0.2) is 22.7 Å². The van der Waals surface area contributed by atoms with Crippen molar-refractivity contribution in [2.45, 2.75) is 46.1 Å². The van der Waals surface area contributed by atoms with Gasteiger partial charge in [0.1, 0.15) is 0 Å². The van der Waals surface area contributed by atoms with Gasteiger partial charge in [-0.3, -0.25) is 0 Å². The van der Waals surface area contributed by atoms with Gasteiger partial charge < -0.3 is 4.90 Å². The van der Waals surface area contributed by atoms with Crippen molar-refractivity contribution < 1.29 is 0 Å². The van der Waals surface area contributed by atoms with Crippen LogP contribution < -0.4 is 4.90 Å². The van der Waals surface area contributed by atoms with E-state index in [9.17, 15) is 0 Å². The lowest BCUT2D eigenvalue weighted by Gasteiger charge is -2.30. The molecule has 0 atom stereocenters. The lowest BCUT2D eigenvalue weighted by atomic mass is 10.1. The summed E-state index contributed by atoms with van der Waals surface area (Å²) in [6.45, 7) is 7.69. The van der Waals surface area contributed by atoms with Crippen LogP contribution in [0.3, 0.4) is 0 Å². The van der Waals surface area contributed by atoms with Gasteiger partial charge in [-0.05, 0) is 54.4 Å². The lowest BCUT2D eigenvalue weighted by molar-refractivity contribution is 0.625. The standard InChI is InChI=1S/C15H21BrN2/c1-4-5-6-9-18(12(2)3)15-8-7-13(11-17)10-14(15)16/h7-8,10,12H,4-6,9H2,1-3H3. The zero-order chi connectivity index (χ0) is 13.5. The monoisotopic (exact) mass is 308 g/mol. The Hall–Kier alpha value is -1.01. The molecule has 0 bridgehead atoms. The first-order valence-electron chi connectivity index (χ1n) is 6.56. The molecule has 2 nitrogen and oxygen atoms in total. The van der Waals surface area contributed by atoms with E-state index in [4.69, 9.17) is 5.26 Å². The topological polar surface area (TPSA) is 27.0 Å². The molecular weight excluding hydrogens is 288 g/mol. The van der Waals surface area contributed by atoms with E-state index >= 15 is 0 Å². The van der Waals surface area contributed by atoms with Crippen LogP contribution in [-0.2, 0) is 0 Å². The summed E-state index contributed by atoms with van der Waals surface area (Å²) >= 11 is 3.57. The van der Waals surface area contributed by atoms with Gasteiger partial charge in [-0.2, -0.15) is 5.26 Å². The van der Waals surface area contributed by atoms with Crippen molar-refractivity contribution in [2.24, 2.45) is 0 Å². The molecule has 18 heavy (non-hydrogen) atoms. The van der Waals surface area contributed by atoms with Crippen LogP contribution in [0.2, 0.25) is 0 Å². The first-order valence-corrected chi connectivity index (χ1v) is 7.35. The van der Waals surface area contributed by atoms with Gasteiger partial charge in [0.05, 0.1) is 17.3 Å². The summed E-state index contributed by atoms with van der Waals surface area (Å²) in [5.74, 6) is 0. The van der Waals surface area contributed by atoms with Crippen LogP contribution in [-0.4, -0.2) is 12.6 Å². The SMILES string of the molecule is CCCCCN(c1ccc(C#N)cc1Br)C(C)C. The number of nitriles is 1. The van der Waals surface area contributed by atoms with Gasteiger partial charge in [0, 0.05) is 17.1 Å². The average molecular weight is 309 g/mol. The molecule has 0 radical (unpaired) electrons. The Kier molecular flexibility index (Phi) is 6.21. The molecule has 0 aliphatic carbocycles. The highest BCUT2D eigenvalue weighted by Gasteiger charge is 2.13. The molecule has 0 spiro atoms. The Morgan fingerprint density at radius 2 is 2.06 bits per heavy atom. The predicted octanol–water partition coefficient (Wildman–Crippen LogP) is 4.73. The normalized spacial score (nSPS) is 10.4. The van der Waals surface area contributed by atoms with Gasteiger partial charge in [-0.1, -0.05) is 19.8 Å². The van der Waals surface area contributed by atoms with Crippen LogP contribution in [0, 0.1) is 11.3 Å². The van der Waals surface area contributed by atoms with Crippen molar-refractivity contribution >= 4 is 21.6 Å². The summed E-state index contributed by atoms with van der Waals surface area (Å²) < 4.78 is 1.01. The molecule has 1 rings (SSSR count). The minimum absolute atomic E-state index is 0.464. The fraction of sp³-hybridized carbons (Fsp3) is 0.533. The molecule has 0 aromatic heterocycles. The van der Waals surface area contributed by atoms with Crippen molar-refractivity contribution in [3.63, 3.8) is 0 Å². The second-order valence-corrected chi connectivity index (χ2v) is 5.63. The summed E-state index contributed by atoms with van der Waals surface area (Å²) in [5.41, 5.74) is 1.88. The molecule has 3 heteroatoms. The van der Waals surface area contributed by atoms with E-state index in [1.165, 1.54) is 24.9 Å². The van der Waals surface area contributed by atoms with Crippen molar-refractivity contribution in [3.05, 3.63) is 28.2 Å². The Balaban J connectivity index is 2.89. The highest BCUT2D eigenvalue weighted by molar-refractivity contribution is 9.10. The predicted molar refractivity (Wildman–Crippen MR) is 80.9 cm³/mol. The van der Waals surface area contributed by atoms with Crippen molar-refractivity contribution in [2.75, 3.05) is 11.4 Å². The molecule has 0 N–H and O–H groups in total. The molecule has 0 aliphatic heterocycles. The molecule has 0 saturated heterocycles. The first kappa shape index (κ1) is 15.0. The van der Waals surface area contributed by atoms with Gasteiger partial charge in [-0.25, -0.2) is 0 Å². The van der Waals surface area contributed by atoms with E-state index in [-0.39, 0.29) is 0 Å². The number of hydrogen-bond acceptors (Lipinski definition) is 2. The maximum atomic E-state index is 8.89. The third kappa shape index (κ3) is 4.03. The van der Waals surface area contributed by atoms with Crippen molar-refractivity contribution in [1.29, 1.82) is 5.26 Å². The van der Waals surface area contributed by atoms with E-state index in [0.29, 0.717) is 11.6 Å². The average Bonchev–Trinajstić information content (AvgIpc) is 2.35. The van der Waals surface area contributed by atoms with Crippen molar-refractivity contribution in [1.82, 2.24) is 0 Å². The smallest absolute Gasteiger partial charge is 0.0992 e. The van der Waals surface area contributed by atoms with Gasteiger partial charge in [0.15, 0.2) is 0 Å². The highest BCUT2D eigenvalue weighted by atomic mass is 79.9. The maximum absolute atomic E-state index is 8.89. The number of rotatable bonds is 6. The number of benzene rings is 1. The summed E-state index contributed by atoms with van der Waals surface area (Å²) in [6.07, 6.45) is 3.71. The Morgan fingerprint density at radius 3 is 2.56 bits per heavy atom. The quantitative estimate of drug-likeness (QED) is 0.711. The second-order valence-electron chi connectivity index (χ2n) is 4.77. The molecule has 98 valence electrons. The van der Waals surface area contributed by atoms with Crippen molar-refractivity contribution in [3.8, 4) is 6.07 Å². The minimum Gasteiger partial charge on any atom is -0.368 e. The van der Waals surface area contributed by atoms with Crippen LogP contribution in [0.1, 0.15) is 45.6 Å². The third-order valence-electron chi connectivity index (χ3n) is 3.01. The summed E-state index contributed by atoms with van der Waals surface area (Å²) in [6, 6.07) is 8.44. The molecular formula is C15H21BrN2. The van der Waals surface area contributed by atoms with Gasteiger partial charge in [0.25, 0.3) is 0 Å². The minimum atomic E-state index is 0.464. The number of unbranched alkanes of at least 4 members (excludes halogenated alkanes) is 2. The molecule has 0 saturated carbocycles. The fourth-order valence-electron chi connectivity index (χ4n) is 2.00. The number of hydrogen-bond donors (Lipinski definition) is 0. The van der Waals surface area contributed by atoms with Crippen LogP contribution in [0.25, 0.3) is 0 Å². The van der Waals surface area contributed by atoms with Crippen LogP contribution >= 0.6 is 15.9 Å². The van der Waals surface area contributed by atoms with E-state index in [0.717, 1.165) is 11.0 Å². The zero-order valence-corrected chi connectivity index (χ0v) is 13.0. The molecule has 1 aromatic rings. The molecule has 0 fully saturated rings. The number of halogens is 1. The van der Waals surface area contributed by atoms with Gasteiger partial charge in [-0.15, -0.1) is 0 Å². The highest BCUT2D eigenvalue weighted by Crippen LogP contribution is 2.29. The molecule has 0 heterocycles. The zero-order valence-electron chi connectivity index (χ0n) is 11.4. The number of anilines is 1. The second kappa shape index (κ2) is 7.43. The molecule has 1 aromatic carbocycles. The lowest BCUT2D eigenvalue weighted by Crippen LogP contribution is -2.32.